The summed E-state index contributed by atoms with van der Waals surface area (Å²) < 4.78 is 40.3. The van der Waals surface area contributed by atoms with Crippen molar-refractivity contribution in [3.05, 3.63) is 41.7 Å². The molecular formula is C14H10F3N3O2. The van der Waals surface area contributed by atoms with E-state index < -0.39 is 17.7 Å². The third-order valence-electron chi connectivity index (χ3n) is 3.46. The van der Waals surface area contributed by atoms with Crippen LogP contribution >= 0.6 is 0 Å². The third kappa shape index (κ3) is 2.12. The first-order valence-electron chi connectivity index (χ1n) is 6.22. The number of rotatable bonds is 2. The van der Waals surface area contributed by atoms with Crippen LogP contribution in [0.15, 0.2) is 30.6 Å². The van der Waals surface area contributed by atoms with Crippen LogP contribution in [0.2, 0.25) is 0 Å². The number of H-pyrrole nitrogens is 1. The monoisotopic (exact) mass is 309 g/mol. The Morgan fingerprint density at radius 1 is 1.36 bits per heavy atom. The molecule has 0 bridgehead atoms. The van der Waals surface area contributed by atoms with E-state index in [9.17, 15) is 18.0 Å². The van der Waals surface area contributed by atoms with Gasteiger partial charge in [-0.1, -0.05) is 0 Å². The summed E-state index contributed by atoms with van der Waals surface area (Å²) in [7, 11) is 1.68. The second kappa shape index (κ2) is 4.62. The zero-order valence-corrected chi connectivity index (χ0v) is 11.3. The maximum atomic E-state index is 12.9. The largest absolute Gasteiger partial charge is 0.478 e. The van der Waals surface area contributed by atoms with Crippen LogP contribution in [0.3, 0.4) is 0 Å². The van der Waals surface area contributed by atoms with Crippen molar-refractivity contribution in [2.24, 2.45) is 7.05 Å². The zero-order chi connectivity index (χ0) is 16.1. The molecule has 2 aromatic heterocycles. The van der Waals surface area contributed by atoms with Gasteiger partial charge in [0.05, 0.1) is 17.5 Å². The molecule has 2 heterocycles. The second-order valence-corrected chi connectivity index (χ2v) is 4.85. The third-order valence-corrected chi connectivity index (χ3v) is 3.46. The maximum absolute atomic E-state index is 12.9. The van der Waals surface area contributed by atoms with Crippen molar-refractivity contribution in [1.29, 1.82) is 0 Å². The lowest BCUT2D eigenvalue weighted by molar-refractivity contribution is -0.137. The molecule has 0 spiro atoms. The number of carboxylic acids is 1. The highest BCUT2D eigenvalue weighted by Crippen LogP contribution is 2.36. The van der Waals surface area contributed by atoms with Gasteiger partial charge in [-0.25, -0.2) is 4.79 Å². The Kier molecular flexibility index (Phi) is 2.98. The number of fused-ring (bicyclic) bond motifs is 1. The van der Waals surface area contributed by atoms with Crippen molar-refractivity contribution in [2.75, 3.05) is 0 Å². The van der Waals surface area contributed by atoms with Crippen LogP contribution in [0, 0.1) is 0 Å². The first-order chi connectivity index (χ1) is 10.3. The number of aromatic nitrogens is 3. The normalized spacial score (nSPS) is 12.0. The van der Waals surface area contributed by atoms with Crippen molar-refractivity contribution in [3.8, 4) is 11.3 Å². The minimum absolute atomic E-state index is 0.0927. The quantitative estimate of drug-likeness (QED) is 0.763. The molecule has 3 aromatic rings. The molecule has 0 aliphatic heterocycles. The molecule has 0 atom stereocenters. The molecule has 114 valence electrons. The zero-order valence-electron chi connectivity index (χ0n) is 11.3. The van der Waals surface area contributed by atoms with Crippen LogP contribution in [0.25, 0.3) is 22.2 Å². The van der Waals surface area contributed by atoms with E-state index in [4.69, 9.17) is 5.11 Å². The summed E-state index contributed by atoms with van der Waals surface area (Å²) in [6, 6.07) is 3.37. The highest BCUT2D eigenvalue weighted by atomic mass is 19.4. The average molecular weight is 309 g/mol. The van der Waals surface area contributed by atoms with Gasteiger partial charge in [0.2, 0.25) is 0 Å². The van der Waals surface area contributed by atoms with E-state index in [1.807, 2.05) is 0 Å². The van der Waals surface area contributed by atoms with E-state index in [-0.39, 0.29) is 11.3 Å². The Balaban J connectivity index is 2.30. The van der Waals surface area contributed by atoms with Crippen molar-refractivity contribution < 1.29 is 23.1 Å². The molecular weight excluding hydrogens is 299 g/mol. The molecule has 8 heteroatoms. The minimum atomic E-state index is -4.47. The van der Waals surface area contributed by atoms with Gasteiger partial charge in [0.25, 0.3) is 0 Å². The second-order valence-electron chi connectivity index (χ2n) is 4.85. The summed E-state index contributed by atoms with van der Waals surface area (Å²) in [6.45, 7) is 0. The average Bonchev–Trinajstić information content (AvgIpc) is 3.02. The number of hydrogen-bond acceptors (Lipinski definition) is 2. The number of nitrogens with one attached hydrogen (secondary N) is 1. The molecule has 2 N–H and O–H groups in total. The summed E-state index contributed by atoms with van der Waals surface area (Å²) in [5.41, 5.74) is 0.221. The number of hydrogen-bond donors (Lipinski definition) is 2. The van der Waals surface area contributed by atoms with Crippen LogP contribution in [-0.2, 0) is 13.2 Å². The Morgan fingerprint density at radius 2 is 2.09 bits per heavy atom. The fourth-order valence-corrected chi connectivity index (χ4v) is 2.42. The number of benzene rings is 1. The van der Waals surface area contributed by atoms with Gasteiger partial charge in [-0.3, -0.25) is 5.10 Å². The van der Waals surface area contributed by atoms with E-state index in [0.29, 0.717) is 16.5 Å². The predicted octanol–water partition coefficient (Wildman–Crippen LogP) is 3.29. The van der Waals surface area contributed by atoms with E-state index in [0.717, 1.165) is 18.3 Å². The van der Waals surface area contributed by atoms with Crippen LogP contribution in [0.1, 0.15) is 15.9 Å². The van der Waals surface area contributed by atoms with Gasteiger partial charge in [0.1, 0.15) is 5.56 Å². The van der Waals surface area contributed by atoms with E-state index in [1.165, 1.54) is 6.07 Å². The Hall–Kier alpha value is -2.77. The van der Waals surface area contributed by atoms with Crippen LogP contribution in [0.5, 0.6) is 0 Å². The number of carbonyl (C=O) groups is 1. The van der Waals surface area contributed by atoms with Crippen molar-refractivity contribution in [1.82, 2.24) is 14.8 Å². The van der Waals surface area contributed by atoms with E-state index >= 15 is 0 Å². The summed E-state index contributed by atoms with van der Waals surface area (Å²) in [4.78, 5) is 11.2. The fraction of sp³-hybridized carbons (Fsp3) is 0.143. The summed E-state index contributed by atoms with van der Waals surface area (Å²) in [5, 5.41) is 15.7. The van der Waals surface area contributed by atoms with Gasteiger partial charge in [-0.15, -0.1) is 0 Å². The molecule has 1 aromatic carbocycles. The van der Waals surface area contributed by atoms with Gasteiger partial charge >= 0.3 is 12.1 Å². The minimum Gasteiger partial charge on any atom is -0.478 e. The van der Waals surface area contributed by atoms with Crippen LogP contribution in [-0.4, -0.2) is 25.8 Å². The molecule has 22 heavy (non-hydrogen) atoms. The summed E-state index contributed by atoms with van der Waals surface area (Å²) >= 11 is 0. The predicted molar refractivity (Wildman–Crippen MR) is 72.5 cm³/mol. The molecule has 0 saturated carbocycles. The standard InChI is InChI=1S/C14H10F3N3O2/c1-20-6-10(12-9(13(21)22)5-18-19-12)8-4-7(14(15,16)17)2-3-11(8)20/h2-6H,1H3,(H,18,19)(H,21,22). The number of alkyl halides is 3. The molecule has 0 aliphatic rings. The number of aromatic amines is 1. The molecule has 5 nitrogen and oxygen atoms in total. The smallest absolute Gasteiger partial charge is 0.416 e. The first-order valence-corrected chi connectivity index (χ1v) is 6.22. The molecule has 0 amide bonds. The Morgan fingerprint density at radius 3 is 2.73 bits per heavy atom. The first kappa shape index (κ1) is 14.2. The summed E-state index contributed by atoms with van der Waals surface area (Å²) in [5.74, 6) is -1.20. The van der Waals surface area contributed by atoms with Gasteiger partial charge in [-0.05, 0) is 18.2 Å². The Labute approximate surface area is 122 Å². The number of nitrogens with zero attached hydrogens (tertiary/aromatic N) is 2. The topological polar surface area (TPSA) is 70.9 Å². The van der Waals surface area contributed by atoms with Crippen molar-refractivity contribution in [3.63, 3.8) is 0 Å². The number of aromatic carboxylic acids is 1. The van der Waals surface area contributed by atoms with Crippen LogP contribution in [0.4, 0.5) is 13.2 Å². The fourth-order valence-electron chi connectivity index (χ4n) is 2.42. The van der Waals surface area contributed by atoms with Gasteiger partial charge in [-0.2, -0.15) is 18.3 Å². The lowest BCUT2D eigenvalue weighted by atomic mass is 10.0. The summed E-state index contributed by atoms with van der Waals surface area (Å²) in [6.07, 6.45) is -1.76. The molecule has 0 fully saturated rings. The van der Waals surface area contributed by atoms with Crippen LogP contribution < -0.4 is 0 Å². The highest BCUT2D eigenvalue weighted by molar-refractivity contribution is 6.02. The molecule has 0 radical (unpaired) electrons. The number of aryl methyl sites for hydroxylation is 1. The number of carboxylic acid groups (broad SMARTS) is 1. The SMILES string of the molecule is Cn1cc(-c2[nH]ncc2C(=O)O)c2cc(C(F)(F)F)ccc21. The lowest BCUT2D eigenvalue weighted by Gasteiger charge is -2.07. The Bertz CT molecular complexity index is 877. The highest BCUT2D eigenvalue weighted by Gasteiger charge is 2.31. The molecule has 0 unspecified atom stereocenters. The molecule has 0 aliphatic carbocycles. The lowest BCUT2D eigenvalue weighted by Crippen LogP contribution is -2.04. The number of halogens is 3. The van der Waals surface area contributed by atoms with Gasteiger partial charge in [0.15, 0.2) is 0 Å². The maximum Gasteiger partial charge on any atom is 0.416 e. The van der Waals surface area contributed by atoms with Gasteiger partial charge in [0, 0.05) is 29.7 Å². The van der Waals surface area contributed by atoms with Crippen molar-refractivity contribution in [2.45, 2.75) is 6.18 Å². The van der Waals surface area contributed by atoms with E-state index in [2.05, 4.69) is 10.2 Å². The van der Waals surface area contributed by atoms with Crippen molar-refractivity contribution >= 4 is 16.9 Å². The van der Waals surface area contributed by atoms with Gasteiger partial charge < -0.3 is 9.67 Å². The molecule has 0 saturated heterocycles. The molecule has 3 rings (SSSR count). The van der Waals surface area contributed by atoms with E-state index in [1.54, 1.807) is 17.8 Å².